The highest BCUT2D eigenvalue weighted by molar-refractivity contribution is 5.61. The Bertz CT molecular complexity index is 524. The normalized spacial score (nSPS) is 11.2. The minimum absolute atomic E-state index is 0.968. The van der Waals surface area contributed by atoms with Crippen LogP contribution in [0.4, 0.5) is 0 Å². The Balaban J connectivity index is 2.04. The molecule has 1 N–H and O–H groups in total. The van der Waals surface area contributed by atoms with Crippen LogP contribution in [0, 0.1) is 6.92 Å². The highest BCUT2D eigenvalue weighted by Gasteiger charge is 2.11. The molecule has 0 aliphatic heterocycles. The smallest absolute Gasteiger partial charge is 0.116 e. The number of H-pyrrole nitrogens is 1. The summed E-state index contributed by atoms with van der Waals surface area (Å²) in [5, 5.41) is 11.3. The third-order valence-corrected chi connectivity index (χ3v) is 3.70. The van der Waals surface area contributed by atoms with Crippen molar-refractivity contribution in [2.45, 2.75) is 40.0 Å². The number of rotatable bonds is 8. The molecule has 0 saturated carbocycles. The average Bonchev–Trinajstić information content (AvgIpc) is 2.94. The van der Waals surface area contributed by atoms with Gasteiger partial charge in [0.25, 0.3) is 0 Å². The maximum absolute atomic E-state index is 4.26. The Hall–Kier alpha value is -1.68. The van der Waals surface area contributed by atoms with E-state index < -0.39 is 0 Å². The topological polar surface area (TPSA) is 44.8 Å². The predicted molar refractivity (Wildman–Crippen MR) is 87.3 cm³/mol. The third kappa shape index (κ3) is 4.39. The molecule has 1 aromatic heterocycles. The Morgan fingerprint density at radius 2 is 1.67 bits per heavy atom. The van der Waals surface area contributed by atoms with Crippen molar-refractivity contribution in [3.63, 3.8) is 0 Å². The number of hydrogen-bond donors (Lipinski definition) is 1. The van der Waals surface area contributed by atoms with Gasteiger partial charge in [-0.05, 0) is 32.9 Å². The van der Waals surface area contributed by atoms with Gasteiger partial charge in [-0.15, -0.1) is 5.10 Å². The van der Waals surface area contributed by atoms with Crippen LogP contribution < -0.4 is 0 Å². The molecule has 0 aliphatic carbocycles. The van der Waals surface area contributed by atoms with Gasteiger partial charge in [0.1, 0.15) is 5.69 Å². The molecule has 0 aliphatic rings. The number of aromatic nitrogens is 3. The van der Waals surface area contributed by atoms with Gasteiger partial charge in [0.05, 0.1) is 5.69 Å². The van der Waals surface area contributed by atoms with Crippen molar-refractivity contribution in [3.05, 3.63) is 35.5 Å². The minimum atomic E-state index is 0.968. The average molecular weight is 286 g/mol. The molecule has 0 radical (unpaired) electrons. The van der Waals surface area contributed by atoms with Crippen molar-refractivity contribution >= 4 is 0 Å². The summed E-state index contributed by atoms with van der Waals surface area (Å²) in [6.45, 7) is 9.95. The summed E-state index contributed by atoms with van der Waals surface area (Å²) in [6, 6.07) is 8.47. The van der Waals surface area contributed by atoms with E-state index in [2.05, 4.69) is 65.3 Å². The first-order valence-electron chi connectivity index (χ1n) is 7.94. The predicted octanol–water partition coefficient (Wildman–Crippen LogP) is 3.44. The van der Waals surface area contributed by atoms with Gasteiger partial charge in [-0.3, -0.25) is 5.10 Å². The molecule has 2 rings (SSSR count). The number of benzene rings is 1. The van der Waals surface area contributed by atoms with Crippen LogP contribution in [-0.2, 0) is 6.42 Å². The van der Waals surface area contributed by atoms with Crippen molar-refractivity contribution in [3.8, 4) is 11.3 Å². The molecular weight excluding hydrogens is 260 g/mol. The molecule has 0 amide bonds. The fourth-order valence-corrected chi connectivity index (χ4v) is 2.60. The lowest BCUT2D eigenvalue weighted by molar-refractivity contribution is 0.277. The highest BCUT2D eigenvalue weighted by Crippen LogP contribution is 2.20. The van der Waals surface area contributed by atoms with Crippen LogP contribution in [0.5, 0.6) is 0 Å². The fraction of sp³-hybridized carbons (Fsp3) is 0.529. The van der Waals surface area contributed by atoms with Crippen molar-refractivity contribution in [2.24, 2.45) is 0 Å². The summed E-state index contributed by atoms with van der Waals surface area (Å²) in [6.07, 6.45) is 3.37. The van der Waals surface area contributed by atoms with Crippen molar-refractivity contribution in [2.75, 3.05) is 19.6 Å². The zero-order valence-electron chi connectivity index (χ0n) is 13.4. The molecule has 21 heavy (non-hydrogen) atoms. The molecule has 114 valence electrons. The van der Waals surface area contributed by atoms with Crippen LogP contribution in [-0.4, -0.2) is 39.9 Å². The second-order valence-electron chi connectivity index (χ2n) is 5.60. The second-order valence-corrected chi connectivity index (χ2v) is 5.60. The lowest BCUT2D eigenvalue weighted by Gasteiger charge is -2.20. The SMILES string of the molecule is CCCN(CCC)CCc1[nH]nnc1-c1ccc(C)cc1. The first-order chi connectivity index (χ1) is 10.2. The summed E-state index contributed by atoms with van der Waals surface area (Å²) < 4.78 is 0. The molecule has 0 fully saturated rings. The lowest BCUT2D eigenvalue weighted by Crippen LogP contribution is -2.28. The quantitative estimate of drug-likeness (QED) is 0.808. The molecular formula is C17H26N4. The number of aryl methyl sites for hydroxylation is 1. The summed E-state index contributed by atoms with van der Waals surface area (Å²) in [7, 11) is 0. The van der Waals surface area contributed by atoms with Crippen LogP contribution in [0.25, 0.3) is 11.3 Å². The van der Waals surface area contributed by atoms with E-state index in [1.807, 2.05) is 0 Å². The van der Waals surface area contributed by atoms with E-state index in [-0.39, 0.29) is 0 Å². The van der Waals surface area contributed by atoms with Gasteiger partial charge < -0.3 is 4.90 Å². The van der Waals surface area contributed by atoms with E-state index in [4.69, 9.17) is 0 Å². The fourth-order valence-electron chi connectivity index (χ4n) is 2.60. The van der Waals surface area contributed by atoms with Gasteiger partial charge in [-0.25, -0.2) is 0 Å². The summed E-state index contributed by atoms with van der Waals surface area (Å²) >= 11 is 0. The molecule has 2 aromatic rings. The molecule has 0 saturated heterocycles. The zero-order chi connectivity index (χ0) is 15.1. The summed E-state index contributed by atoms with van der Waals surface area (Å²) in [5.41, 5.74) is 4.53. The van der Waals surface area contributed by atoms with E-state index in [0.29, 0.717) is 0 Å². The monoisotopic (exact) mass is 286 g/mol. The molecule has 4 nitrogen and oxygen atoms in total. The standard InChI is InChI=1S/C17H26N4/c1-4-11-21(12-5-2)13-10-16-17(19-20-18-16)15-8-6-14(3)7-9-15/h6-9H,4-5,10-13H2,1-3H3,(H,18,19,20). The summed E-state index contributed by atoms with van der Waals surface area (Å²) in [5.74, 6) is 0. The van der Waals surface area contributed by atoms with Gasteiger partial charge in [0.2, 0.25) is 0 Å². The highest BCUT2D eigenvalue weighted by atomic mass is 15.3. The van der Waals surface area contributed by atoms with Gasteiger partial charge in [0, 0.05) is 18.5 Å². The van der Waals surface area contributed by atoms with Gasteiger partial charge in [-0.1, -0.05) is 48.9 Å². The van der Waals surface area contributed by atoms with Crippen molar-refractivity contribution in [1.29, 1.82) is 0 Å². The van der Waals surface area contributed by atoms with E-state index in [1.165, 1.54) is 18.4 Å². The van der Waals surface area contributed by atoms with Crippen molar-refractivity contribution in [1.82, 2.24) is 20.3 Å². The third-order valence-electron chi connectivity index (χ3n) is 3.70. The molecule has 1 aromatic carbocycles. The summed E-state index contributed by atoms with van der Waals surface area (Å²) in [4.78, 5) is 2.51. The van der Waals surface area contributed by atoms with Gasteiger partial charge >= 0.3 is 0 Å². The number of nitrogens with one attached hydrogen (secondary N) is 1. The van der Waals surface area contributed by atoms with E-state index >= 15 is 0 Å². The molecule has 0 spiro atoms. The van der Waals surface area contributed by atoms with Crippen LogP contribution in [0.1, 0.15) is 37.9 Å². The zero-order valence-corrected chi connectivity index (χ0v) is 13.4. The first kappa shape index (κ1) is 15.7. The molecule has 0 atom stereocenters. The van der Waals surface area contributed by atoms with E-state index in [9.17, 15) is 0 Å². The number of aromatic amines is 1. The van der Waals surface area contributed by atoms with Crippen LogP contribution in [0.15, 0.2) is 24.3 Å². The van der Waals surface area contributed by atoms with Crippen LogP contribution in [0.3, 0.4) is 0 Å². The molecule has 1 heterocycles. The van der Waals surface area contributed by atoms with Crippen LogP contribution in [0.2, 0.25) is 0 Å². The molecule has 0 bridgehead atoms. The maximum Gasteiger partial charge on any atom is 0.116 e. The first-order valence-corrected chi connectivity index (χ1v) is 7.94. The van der Waals surface area contributed by atoms with Gasteiger partial charge in [0.15, 0.2) is 0 Å². The maximum atomic E-state index is 4.26. The van der Waals surface area contributed by atoms with Crippen LogP contribution >= 0.6 is 0 Å². The van der Waals surface area contributed by atoms with Crippen molar-refractivity contribution < 1.29 is 0 Å². The Morgan fingerprint density at radius 1 is 1.00 bits per heavy atom. The van der Waals surface area contributed by atoms with E-state index in [1.54, 1.807) is 0 Å². The number of hydrogen-bond acceptors (Lipinski definition) is 3. The Labute approximate surface area is 127 Å². The largest absolute Gasteiger partial charge is 0.303 e. The molecule has 4 heteroatoms. The number of nitrogens with zero attached hydrogens (tertiary/aromatic N) is 3. The lowest BCUT2D eigenvalue weighted by atomic mass is 10.1. The molecule has 0 unspecified atom stereocenters. The Kier molecular flexibility index (Phi) is 5.93. The van der Waals surface area contributed by atoms with E-state index in [0.717, 1.165) is 43.0 Å². The second kappa shape index (κ2) is 7.93. The Morgan fingerprint density at radius 3 is 2.29 bits per heavy atom. The van der Waals surface area contributed by atoms with Gasteiger partial charge in [-0.2, -0.15) is 0 Å². The minimum Gasteiger partial charge on any atom is -0.303 e.